The highest BCUT2D eigenvalue weighted by molar-refractivity contribution is 5.92. The van der Waals surface area contributed by atoms with E-state index < -0.39 is 23.8 Å². The van der Waals surface area contributed by atoms with Crippen LogP contribution in [0.5, 0.6) is 0 Å². The van der Waals surface area contributed by atoms with Gasteiger partial charge >= 0.3 is 6.09 Å². The number of carbonyl (C=O) groups excluding carboxylic acids is 3. The van der Waals surface area contributed by atoms with Crippen LogP contribution in [-0.4, -0.2) is 46.5 Å². The van der Waals surface area contributed by atoms with Crippen LogP contribution in [-0.2, 0) is 14.3 Å². The highest BCUT2D eigenvalue weighted by atomic mass is 16.6. The average Bonchev–Trinajstić information content (AvgIpc) is 2.80. The topological polar surface area (TPSA) is 87.7 Å². The van der Waals surface area contributed by atoms with Gasteiger partial charge in [0.25, 0.3) is 0 Å². The highest BCUT2D eigenvalue weighted by Gasteiger charge is 2.38. The molecule has 0 saturated heterocycles. The Bertz CT molecular complexity index is 929. The van der Waals surface area contributed by atoms with Gasteiger partial charge in [0.2, 0.25) is 11.8 Å². The molecular formula is C30H47N3O4. The Morgan fingerprint density at radius 2 is 1.76 bits per heavy atom. The summed E-state index contributed by atoms with van der Waals surface area (Å²) in [5.74, 6) is -0.366. The molecule has 206 valence electrons. The molecule has 1 aliphatic carbocycles. The fourth-order valence-electron chi connectivity index (χ4n) is 4.82. The van der Waals surface area contributed by atoms with E-state index in [0.717, 1.165) is 31.2 Å². The number of amides is 3. The second-order valence-electron chi connectivity index (χ2n) is 11.8. The van der Waals surface area contributed by atoms with Crippen LogP contribution < -0.4 is 10.6 Å². The van der Waals surface area contributed by atoms with Gasteiger partial charge in [-0.25, -0.2) is 4.79 Å². The number of nitrogens with zero attached hydrogens (tertiary/aromatic N) is 1. The minimum absolute atomic E-state index is 0.0989. The SMILES string of the molecule is C=Cc1cccc(C(C(=O)NC2CCCCC2)N(C(=O)C(CC(C)C)NC(=O)OC(C)(C)C)C(C)C)c1. The van der Waals surface area contributed by atoms with Crippen molar-refractivity contribution in [2.75, 3.05) is 0 Å². The Kier molecular flexibility index (Phi) is 11.2. The molecule has 1 aromatic carbocycles. The highest BCUT2D eigenvalue weighted by Crippen LogP contribution is 2.28. The Morgan fingerprint density at radius 1 is 1.11 bits per heavy atom. The molecule has 1 saturated carbocycles. The first-order chi connectivity index (χ1) is 17.3. The fourth-order valence-corrected chi connectivity index (χ4v) is 4.82. The minimum Gasteiger partial charge on any atom is -0.444 e. The van der Waals surface area contributed by atoms with Crippen LogP contribution in [0.25, 0.3) is 6.08 Å². The number of alkyl carbamates (subject to hydrolysis) is 1. The lowest BCUT2D eigenvalue weighted by atomic mass is 9.93. The zero-order valence-electron chi connectivity index (χ0n) is 23.8. The molecule has 2 atom stereocenters. The normalized spacial score (nSPS) is 16.1. The van der Waals surface area contributed by atoms with Crippen molar-refractivity contribution in [2.45, 2.75) is 117 Å². The number of rotatable bonds is 10. The van der Waals surface area contributed by atoms with E-state index in [1.807, 2.05) is 52.0 Å². The molecule has 1 aromatic rings. The van der Waals surface area contributed by atoms with E-state index in [9.17, 15) is 14.4 Å². The summed E-state index contributed by atoms with van der Waals surface area (Å²) < 4.78 is 5.45. The molecule has 1 aliphatic rings. The number of nitrogens with one attached hydrogen (secondary N) is 2. The second kappa shape index (κ2) is 13.6. The van der Waals surface area contributed by atoms with Gasteiger partial charge in [-0.2, -0.15) is 0 Å². The van der Waals surface area contributed by atoms with E-state index in [1.54, 1.807) is 31.7 Å². The zero-order valence-corrected chi connectivity index (χ0v) is 23.8. The molecular weight excluding hydrogens is 466 g/mol. The standard InChI is InChI=1S/C30H47N3O4/c1-9-22-14-13-15-23(19-22)26(27(34)31-24-16-11-10-12-17-24)33(21(4)5)28(35)25(18-20(2)3)32-29(36)37-30(6,7)8/h9,13-15,19-21,24-26H,1,10-12,16-18H2,2-8H3,(H,31,34)(H,32,36). The fraction of sp³-hybridized carbons (Fsp3) is 0.633. The second-order valence-corrected chi connectivity index (χ2v) is 11.8. The Morgan fingerprint density at radius 3 is 2.30 bits per heavy atom. The van der Waals surface area contributed by atoms with E-state index in [4.69, 9.17) is 4.74 Å². The van der Waals surface area contributed by atoms with Gasteiger partial charge in [-0.1, -0.05) is 64.0 Å². The maximum absolute atomic E-state index is 14.1. The summed E-state index contributed by atoms with van der Waals surface area (Å²) in [6.45, 7) is 17.0. The molecule has 0 spiro atoms. The van der Waals surface area contributed by atoms with Crippen molar-refractivity contribution in [2.24, 2.45) is 5.92 Å². The van der Waals surface area contributed by atoms with Gasteiger partial charge < -0.3 is 20.3 Å². The molecule has 1 fully saturated rings. The molecule has 0 radical (unpaired) electrons. The van der Waals surface area contributed by atoms with Crippen molar-refractivity contribution in [1.29, 1.82) is 0 Å². The van der Waals surface area contributed by atoms with E-state index in [-0.39, 0.29) is 29.8 Å². The van der Waals surface area contributed by atoms with Crippen molar-refractivity contribution < 1.29 is 19.1 Å². The molecule has 3 amide bonds. The van der Waals surface area contributed by atoms with E-state index >= 15 is 0 Å². The molecule has 37 heavy (non-hydrogen) atoms. The van der Waals surface area contributed by atoms with Crippen LogP contribution in [0.2, 0.25) is 0 Å². The number of hydrogen-bond acceptors (Lipinski definition) is 4. The van der Waals surface area contributed by atoms with Crippen LogP contribution in [0.4, 0.5) is 4.79 Å². The summed E-state index contributed by atoms with van der Waals surface area (Å²) in [5.41, 5.74) is 0.893. The summed E-state index contributed by atoms with van der Waals surface area (Å²) in [7, 11) is 0. The van der Waals surface area contributed by atoms with Crippen LogP contribution in [0, 0.1) is 5.92 Å². The molecule has 0 aliphatic heterocycles. The molecule has 0 bridgehead atoms. The summed E-state index contributed by atoms with van der Waals surface area (Å²) in [4.78, 5) is 42.3. The van der Waals surface area contributed by atoms with Crippen molar-refractivity contribution in [1.82, 2.24) is 15.5 Å². The predicted molar refractivity (Wildman–Crippen MR) is 149 cm³/mol. The van der Waals surface area contributed by atoms with Crippen LogP contribution >= 0.6 is 0 Å². The number of ether oxygens (including phenoxy) is 1. The molecule has 7 heteroatoms. The minimum atomic E-state index is -0.843. The van der Waals surface area contributed by atoms with Gasteiger partial charge in [-0.3, -0.25) is 9.59 Å². The third kappa shape index (κ3) is 9.52. The van der Waals surface area contributed by atoms with Crippen molar-refractivity contribution in [3.63, 3.8) is 0 Å². The van der Waals surface area contributed by atoms with Crippen LogP contribution in [0.15, 0.2) is 30.8 Å². The summed E-state index contributed by atoms with van der Waals surface area (Å²) in [5, 5.41) is 6.01. The van der Waals surface area contributed by atoms with E-state index in [1.165, 1.54) is 6.42 Å². The number of hydrogen-bond donors (Lipinski definition) is 2. The van der Waals surface area contributed by atoms with Gasteiger partial charge in [0.05, 0.1) is 0 Å². The summed E-state index contributed by atoms with van der Waals surface area (Å²) >= 11 is 0. The largest absolute Gasteiger partial charge is 0.444 e. The molecule has 0 heterocycles. The number of carbonyl (C=O) groups is 3. The first-order valence-electron chi connectivity index (χ1n) is 13.7. The quantitative estimate of drug-likeness (QED) is 0.402. The maximum atomic E-state index is 14.1. The molecule has 0 aromatic heterocycles. The monoisotopic (exact) mass is 513 g/mol. The van der Waals surface area contributed by atoms with E-state index in [2.05, 4.69) is 17.2 Å². The van der Waals surface area contributed by atoms with Gasteiger partial charge in [0.1, 0.15) is 17.7 Å². The smallest absolute Gasteiger partial charge is 0.408 e. The van der Waals surface area contributed by atoms with Gasteiger partial charge in [0.15, 0.2) is 0 Å². The lowest BCUT2D eigenvalue weighted by Crippen LogP contribution is -2.56. The first-order valence-corrected chi connectivity index (χ1v) is 13.7. The van der Waals surface area contributed by atoms with E-state index in [0.29, 0.717) is 12.0 Å². The van der Waals surface area contributed by atoms with Crippen molar-refractivity contribution >= 4 is 24.0 Å². The predicted octanol–water partition coefficient (Wildman–Crippen LogP) is 6.00. The molecule has 7 nitrogen and oxygen atoms in total. The van der Waals surface area contributed by atoms with Gasteiger partial charge in [0, 0.05) is 12.1 Å². The zero-order chi connectivity index (χ0) is 27.8. The number of benzene rings is 1. The van der Waals surface area contributed by atoms with Crippen LogP contribution in [0.3, 0.4) is 0 Å². The molecule has 2 unspecified atom stereocenters. The van der Waals surface area contributed by atoms with Crippen molar-refractivity contribution in [3.05, 3.63) is 42.0 Å². The lowest BCUT2D eigenvalue weighted by molar-refractivity contribution is -0.145. The third-order valence-corrected chi connectivity index (χ3v) is 6.45. The molecule has 2 N–H and O–H groups in total. The molecule has 2 rings (SSSR count). The maximum Gasteiger partial charge on any atom is 0.408 e. The Labute approximate surface area is 223 Å². The summed E-state index contributed by atoms with van der Waals surface area (Å²) in [6, 6.07) is 5.70. The Hall–Kier alpha value is -2.83. The van der Waals surface area contributed by atoms with Gasteiger partial charge in [-0.15, -0.1) is 0 Å². The average molecular weight is 514 g/mol. The van der Waals surface area contributed by atoms with Crippen molar-refractivity contribution in [3.8, 4) is 0 Å². The summed E-state index contributed by atoms with van der Waals surface area (Å²) in [6.07, 6.45) is 6.74. The van der Waals surface area contributed by atoms with Crippen LogP contribution in [0.1, 0.15) is 104 Å². The third-order valence-electron chi connectivity index (χ3n) is 6.45. The first kappa shape index (κ1) is 30.4. The lowest BCUT2D eigenvalue weighted by Gasteiger charge is -2.38. The Balaban J connectivity index is 2.47. The van der Waals surface area contributed by atoms with Gasteiger partial charge in [-0.05, 0) is 77.0 Å².